The Labute approximate surface area is 78.1 Å². The van der Waals surface area contributed by atoms with Crippen LogP contribution in [0.3, 0.4) is 0 Å². The summed E-state index contributed by atoms with van der Waals surface area (Å²) in [7, 11) is 4.30. The molecular weight excluding hydrogens is 146 g/mol. The van der Waals surface area contributed by atoms with Crippen LogP contribution in [0.4, 0.5) is 0 Å². The van der Waals surface area contributed by atoms with Gasteiger partial charge in [0.15, 0.2) is 0 Å². The summed E-state index contributed by atoms with van der Waals surface area (Å²) in [5, 5.41) is 0. The van der Waals surface area contributed by atoms with Crippen molar-refractivity contribution in [2.75, 3.05) is 20.6 Å². The molecule has 1 heteroatoms. The molecule has 0 amide bonds. The summed E-state index contributed by atoms with van der Waals surface area (Å²) in [6, 6.07) is 0. The van der Waals surface area contributed by atoms with E-state index in [0.29, 0.717) is 0 Å². The largest absolute Gasteiger partial charge is 0.309 e. The first kappa shape index (κ1) is 12.0. The Morgan fingerprint density at radius 2 is 1.75 bits per heavy atom. The maximum atomic E-state index is 2.34. The molecule has 1 nitrogen and oxygen atoms in total. The zero-order chi connectivity index (χ0) is 9.56. The van der Waals surface area contributed by atoms with Gasteiger partial charge < -0.3 is 4.90 Å². The van der Waals surface area contributed by atoms with E-state index in [0.717, 1.165) is 11.8 Å². The zero-order valence-corrected chi connectivity index (χ0v) is 9.43. The van der Waals surface area contributed by atoms with Crippen molar-refractivity contribution < 1.29 is 0 Å². The van der Waals surface area contributed by atoms with Crippen LogP contribution in [0.2, 0.25) is 0 Å². The van der Waals surface area contributed by atoms with Gasteiger partial charge in [-0.3, -0.25) is 0 Å². The third-order valence-corrected chi connectivity index (χ3v) is 2.65. The Bertz CT molecular complexity index is 97.2. The van der Waals surface area contributed by atoms with Crippen LogP contribution < -0.4 is 0 Å². The smallest absolute Gasteiger partial charge is 0.00247 e. The molecule has 0 spiro atoms. The van der Waals surface area contributed by atoms with Crippen molar-refractivity contribution >= 4 is 0 Å². The Balaban J connectivity index is 3.45. The average Bonchev–Trinajstić information content (AvgIpc) is 1.96. The molecule has 1 unspecified atom stereocenters. The topological polar surface area (TPSA) is 3.24 Å². The third-order valence-electron chi connectivity index (χ3n) is 2.65. The first-order chi connectivity index (χ1) is 5.57. The molecule has 1 atom stereocenters. The first-order valence-electron chi connectivity index (χ1n) is 5.22. The minimum atomic E-state index is 0.858. The van der Waals surface area contributed by atoms with Gasteiger partial charge in [-0.1, -0.05) is 27.2 Å². The summed E-state index contributed by atoms with van der Waals surface area (Å²) in [6.45, 7) is 8.22. The Kier molecular flexibility index (Phi) is 6.45. The average molecular weight is 171 g/mol. The van der Waals surface area contributed by atoms with Gasteiger partial charge in [-0.15, -0.1) is 0 Å². The van der Waals surface area contributed by atoms with Gasteiger partial charge in [0.05, 0.1) is 0 Å². The van der Waals surface area contributed by atoms with E-state index in [4.69, 9.17) is 0 Å². The number of hydrogen-bond donors (Lipinski definition) is 0. The molecule has 74 valence electrons. The van der Waals surface area contributed by atoms with Gasteiger partial charge in [0.25, 0.3) is 0 Å². The molecule has 0 aromatic rings. The van der Waals surface area contributed by atoms with Crippen molar-refractivity contribution in [2.45, 2.75) is 40.0 Å². The lowest BCUT2D eigenvalue weighted by atomic mass is 9.89. The van der Waals surface area contributed by atoms with Crippen LogP contribution in [-0.4, -0.2) is 25.5 Å². The minimum absolute atomic E-state index is 0.858. The lowest BCUT2D eigenvalue weighted by molar-refractivity contribution is 0.310. The van der Waals surface area contributed by atoms with Crippen molar-refractivity contribution in [3.63, 3.8) is 0 Å². The molecule has 0 fully saturated rings. The van der Waals surface area contributed by atoms with E-state index in [1.54, 1.807) is 0 Å². The molecule has 0 saturated heterocycles. The molecule has 0 N–H and O–H groups in total. The maximum absolute atomic E-state index is 2.34. The van der Waals surface area contributed by atoms with Crippen molar-refractivity contribution in [1.29, 1.82) is 0 Å². The summed E-state index contributed by atoms with van der Waals surface area (Å²) < 4.78 is 0. The highest BCUT2D eigenvalue weighted by Crippen LogP contribution is 2.20. The molecule has 0 rings (SSSR count). The highest BCUT2D eigenvalue weighted by atomic mass is 15.0. The van der Waals surface area contributed by atoms with E-state index in [9.17, 15) is 0 Å². The zero-order valence-electron chi connectivity index (χ0n) is 9.43. The number of nitrogens with zero attached hydrogens (tertiary/aromatic N) is 1. The second kappa shape index (κ2) is 6.47. The van der Waals surface area contributed by atoms with E-state index >= 15 is 0 Å². The van der Waals surface area contributed by atoms with Gasteiger partial charge >= 0.3 is 0 Å². The summed E-state index contributed by atoms with van der Waals surface area (Å²) >= 11 is 0. The van der Waals surface area contributed by atoms with Crippen molar-refractivity contribution in [1.82, 2.24) is 4.90 Å². The van der Waals surface area contributed by atoms with Crippen LogP contribution >= 0.6 is 0 Å². The van der Waals surface area contributed by atoms with Crippen LogP contribution in [0.25, 0.3) is 0 Å². The quantitative estimate of drug-likeness (QED) is 0.594. The Morgan fingerprint density at radius 3 is 2.08 bits per heavy atom. The molecule has 12 heavy (non-hydrogen) atoms. The van der Waals surface area contributed by atoms with Gasteiger partial charge in [-0.05, 0) is 45.3 Å². The van der Waals surface area contributed by atoms with E-state index in [1.165, 1.54) is 25.8 Å². The van der Waals surface area contributed by atoms with Crippen LogP contribution in [-0.2, 0) is 0 Å². The van der Waals surface area contributed by atoms with Crippen LogP contribution in [0.15, 0.2) is 0 Å². The Hall–Kier alpha value is -0.0400. The van der Waals surface area contributed by atoms with E-state index < -0.39 is 0 Å². The second-order valence-corrected chi connectivity index (χ2v) is 4.36. The monoisotopic (exact) mass is 171 g/mol. The number of hydrogen-bond acceptors (Lipinski definition) is 1. The predicted molar refractivity (Wildman–Crippen MR) is 56.4 cm³/mol. The molecule has 0 aliphatic rings. The highest BCUT2D eigenvalue weighted by molar-refractivity contribution is 4.61. The molecule has 0 bridgehead atoms. The van der Waals surface area contributed by atoms with Gasteiger partial charge in [-0.2, -0.15) is 0 Å². The second-order valence-electron chi connectivity index (χ2n) is 4.36. The molecule has 0 aliphatic heterocycles. The number of rotatable bonds is 6. The normalized spacial score (nSPS) is 14.2. The molecule has 0 aromatic heterocycles. The molecule has 0 radical (unpaired) electrons. The maximum Gasteiger partial charge on any atom is -0.00247 e. The van der Waals surface area contributed by atoms with Gasteiger partial charge in [0.1, 0.15) is 0 Å². The summed E-state index contributed by atoms with van der Waals surface area (Å²) in [6.07, 6.45) is 4.08. The molecule has 0 saturated carbocycles. The lowest BCUT2D eigenvalue weighted by Gasteiger charge is -2.19. The van der Waals surface area contributed by atoms with Crippen LogP contribution in [0.5, 0.6) is 0 Å². The van der Waals surface area contributed by atoms with Crippen molar-refractivity contribution in [3.8, 4) is 0 Å². The first-order valence-corrected chi connectivity index (χ1v) is 5.22. The molecular formula is C11H25N. The summed E-state index contributed by atoms with van der Waals surface area (Å²) in [5.41, 5.74) is 0. The molecule has 0 heterocycles. The third kappa shape index (κ3) is 5.59. The minimum Gasteiger partial charge on any atom is -0.309 e. The summed E-state index contributed by atoms with van der Waals surface area (Å²) in [5.74, 6) is 1.79. The van der Waals surface area contributed by atoms with Crippen molar-refractivity contribution in [2.24, 2.45) is 11.8 Å². The van der Waals surface area contributed by atoms with Gasteiger partial charge in [-0.25, -0.2) is 0 Å². The highest BCUT2D eigenvalue weighted by Gasteiger charge is 2.09. The molecule has 0 aliphatic carbocycles. The van der Waals surface area contributed by atoms with Crippen molar-refractivity contribution in [3.05, 3.63) is 0 Å². The lowest BCUT2D eigenvalue weighted by Crippen LogP contribution is -2.15. The van der Waals surface area contributed by atoms with Crippen LogP contribution in [0.1, 0.15) is 40.0 Å². The van der Waals surface area contributed by atoms with E-state index in [1.807, 2.05) is 0 Å². The van der Waals surface area contributed by atoms with E-state index in [-0.39, 0.29) is 0 Å². The van der Waals surface area contributed by atoms with Gasteiger partial charge in [0, 0.05) is 0 Å². The fraction of sp³-hybridized carbons (Fsp3) is 1.00. The SMILES string of the molecule is CCC(CCCN(C)C)C(C)C. The predicted octanol–water partition coefficient (Wildman–Crippen LogP) is 3.01. The fourth-order valence-electron chi connectivity index (χ4n) is 1.68. The van der Waals surface area contributed by atoms with Crippen LogP contribution in [0, 0.1) is 11.8 Å². The Morgan fingerprint density at radius 1 is 1.17 bits per heavy atom. The van der Waals surface area contributed by atoms with Gasteiger partial charge in [0.2, 0.25) is 0 Å². The molecule has 0 aromatic carbocycles. The standard InChI is InChI=1S/C11H25N/c1-6-11(10(2)3)8-7-9-12(4)5/h10-11H,6-9H2,1-5H3. The fourth-order valence-corrected chi connectivity index (χ4v) is 1.68. The van der Waals surface area contributed by atoms with E-state index in [2.05, 4.69) is 39.8 Å². The summed E-state index contributed by atoms with van der Waals surface area (Å²) in [4.78, 5) is 2.27.